The van der Waals surface area contributed by atoms with E-state index in [9.17, 15) is 22.8 Å². The van der Waals surface area contributed by atoms with Crippen LogP contribution in [-0.4, -0.2) is 90.8 Å². The van der Waals surface area contributed by atoms with Crippen LogP contribution in [0.5, 0.6) is 5.88 Å². The number of thiazole rings is 1. The molecule has 248 valence electrons. The van der Waals surface area contributed by atoms with Crippen LogP contribution >= 0.6 is 11.3 Å². The van der Waals surface area contributed by atoms with Gasteiger partial charge in [0.05, 0.1) is 24.8 Å². The normalized spacial score (nSPS) is 18.1. The van der Waals surface area contributed by atoms with E-state index in [4.69, 9.17) is 9.47 Å². The molecule has 1 spiro atoms. The Bertz CT molecular complexity index is 1770. The lowest BCUT2D eigenvalue weighted by Gasteiger charge is -2.26. The van der Waals surface area contributed by atoms with Gasteiger partial charge in [0.15, 0.2) is 0 Å². The van der Waals surface area contributed by atoms with E-state index < -0.39 is 27.0 Å². The van der Waals surface area contributed by atoms with Gasteiger partial charge in [-0.2, -0.15) is 4.31 Å². The van der Waals surface area contributed by atoms with Crippen LogP contribution in [0.15, 0.2) is 35.2 Å². The van der Waals surface area contributed by atoms with Crippen molar-refractivity contribution in [1.29, 1.82) is 0 Å². The number of benzene rings is 1. The summed E-state index contributed by atoms with van der Waals surface area (Å²) in [6, 6.07) is 8.40. The number of aromatic nitrogens is 2. The Hall–Kier alpha value is -3.62. The van der Waals surface area contributed by atoms with Crippen LogP contribution in [0.1, 0.15) is 64.5 Å². The van der Waals surface area contributed by atoms with E-state index in [0.717, 1.165) is 5.56 Å². The van der Waals surface area contributed by atoms with Crippen molar-refractivity contribution in [1.82, 2.24) is 19.2 Å². The Morgan fingerprint density at radius 2 is 1.85 bits per heavy atom. The number of ether oxygens (including phenoxy) is 2. The Balaban J connectivity index is 1.45. The fraction of sp³-hybridized carbons (Fsp3) is 0.531. The lowest BCUT2D eigenvalue weighted by molar-refractivity contribution is -0.154. The molecular formula is C32H41N5O7S2. The van der Waals surface area contributed by atoms with E-state index in [1.807, 2.05) is 6.92 Å². The van der Waals surface area contributed by atoms with Gasteiger partial charge in [0.1, 0.15) is 21.0 Å². The van der Waals surface area contributed by atoms with E-state index >= 15 is 0 Å². The smallest absolute Gasteiger partial charge is 0.307 e. The molecule has 1 atom stereocenters. The first-order valence-corrected chi connectivity index (χ1v) is 17.6. The summed E-state index contributed by atoms with van der Waals surface area (Å²) in [5, 5.41) is 0.611. The van der Waals surface area contributed by atoms with Crippen molar-refractivity contribution in [2.45, 2.75) is 76.2 Å². The van der Waals surface area contributed by atoms with Crippen molar-refractivity contribution in [2.75, 3.05) is 44.7 Å². The summed E-state index contributed by atoms with van der Waals surface area (Å²) in [7, 11) is -2.45. The van der Waals surface area contributed by atoms with Crippen LogP contribution in [0.4, 0.5) is 5.69 Å². The number of rotatable bonds is 10. The van der Waals surface area contributed by atoms with Gasteiger partial charge in [0, 0.05) is 56.8 Å². The second-order valence-corrected chi connectivity index (χ2v) is 15.8. The summed E-state index contributed by atoms with van der Waals surface area (Å²) in [4.78, 5) is 51.9. The number of pyridine rings is 1. The quantitative estimate of drug-likeness (QED) is 0.294. The van der Waals surface area contributed by atoms with Gasteiger partial charge in [-0.25, -0.2) is 18.4 Å². The summed E-state index contributed by atoms with van der Waals surface area (Å²) in [6.45, 7) is 10.1. The van der Waals surface area contributed by atoms with Gasteiger partial charge >= 0.3 is 5.97 Å². The predicted molar refractivity (Wildman–Crippen MR) is 175 cm³/mol. The standard InChI is InChI=1S/C32H41N5O7S2/c1-7-14-36(15-12-29(40)44-31(3,4)5)46(41,42)22-8-10-25-23(17-22)32(13-16-35(19-32)21(2)38)20-37(25)28(39)18-27-33-24-9-11-26(43-6)34-30(24)45-27/h8-11,17H,7,12-16,18-20H2,1-6H3. The molecule has 0 bridgehead atoms. The lowest BCUT2D eigenvalue weighted by atomic mass is 9.81. The van der Waals surface area contributed by atoms with Gasteiger partial charge in [-0.1, -0.05) is 18.3 Å². The maximum atomic E-state index is 14.0. The van der Waals surface area contributed by atoms with Crippen molar-refractivity contribution in [3.8, 4) is 5.88 Å². The highest BCUT2D eigenvalue weighted by Crippen LogP contribution is 2.47. The van der Waals surface area contributed by atoms with Gasteiger partial charge in [-0.15, -0.1) is 0 Å². The summed E-state index contributed by atoms with van der Waals surface area (Å²) >= 11 is 1.33. The number of fused-ring (bicyclic) bond motifs is 3. The lowest BCUT2D eigenvalue weighted by Crippen LogP contribution is -2.40. The topological polar surface area (TPSA) is 139 Å². The molecule has 0 N–H and O–H groups in total. The SMILES string of the molecule is CCCN(CCC(=O)OC(C)(C)C)S(=O)(=O)c1ccc2c(c1)C1(CCN(C(C)=O)C1)CN2C(=O)Cc1nc2ccc(OC)nc2s1. The third-order valence-corrected chi connectivity index (χ3v) is 11.1. The first kappa shape index (κ1) is 33.7. The maximum Gasteiger partial charge on any atom is 0.307 e. The first-order valence-electron chi connectivity index (χ1n) is 15.4. The number of hydrogen-bond acceptors (Lipinski definition) is 10. The molecule has 14 heteroatoms. The van der Waals surface area contributed by atoms with Gasteiger partial charge in [-0.05, 0) is 63.4 Å². The molecule has 1 fully saturated rings. The van der Waals surface area contributed by atoms with Crippen molar-refractivity contribution in [2.24, 2.45) is 0 Å². The average Bonchev–Trinajstić information content (AvgIpc) is 3.69. The van der Waals surface area contributed by atoms with Crippen LogP contribution in [0.2, 0.25) is 0 Å². The van der Waals surface area contributed by atoms with Gasteiger partial charge in [0.25, 0.3) is 0 Å². The maximum absolute atomic E-state index is 14.0. The van der Waals surface area contributed by atoms with E-state index in [1.54, 1.807) is 61.9 Å². The molecule has 2 amide bonds. The van der Waals surface area contributed by atoms with Crippen molar-refractivity contribution in [3.63, 3.8) is 0 Å². The monoisotopic (exact) mass is 671 g/mol. The van der Waals surface area contributed by atoms with Gasteiger partial charge in [-0.3, -0.25) is 14.4 Å². The highest BCUT2D eigenvalue weighted by molar-refractivity contribution is 7.89. The Morgan fingerprint density at radius 3 is 2.50 bits per heavy atom. The molecule has 0 saturated carbocycles. The highest BCUT2D eigenvalue weighted by atomic mass is 32.2. The zero-order chi connectivity index (χ0) is 33.4. The summed E-state index contributed by atoms with van der Waals surface area (Å²) in [6.07, 6.45) is 1.13. The third kappa shape index (κ3) is 6.88. The minimum Gasteiger partial charge on any atom is -0.481 e. The van der Waals surface area contributed by atoms with Crippen LogP contribution in [0.25, 0.3) is 10.3 Å². The number of esters is 1. The second kappa shape index (κ2) is 12.9. The van der Waals surface area contributed by atoms with E-state index in [1.165, 1.54) is 28.6 Å². The van der Waals surface area contributed by atoms with Crippen molar-refractivity contribution in [3.05, 3.63) is 40.9 Å². The van der Waals surface area contributed by atoms with Crippen molar-refractivity contribution >= 4 is 55.2 Å². The number of hydrogen-bond donors (Lipinski definition) is 0. The molecule has 2 aliphatic heterocycles. The Labute approximate surface area is 273 Å². The Morgan fingerprint density at radius 1 is 1.09 bits per heavy atom. The molecule has 2 aromatic heterocycles. The number of carbonyl (C=O) groups is 3. The van der Waals surface area contributed by atoms with E-state index in [-0.39, 0.29) is 42.6 Å². The fourth-order valence-electron chi connectivity index (χ4n) is 6.14. The predicted octanol–water partition coefficient (Wildman–Crippen LogP) is 3.91. The number of anilines is 1. The second-order valence-electron chi connectivity index (χ2n) is 12.8. The number of methoxy groups -OCH3 is 1. The molecule has 2 aliphatic rings. The molecule has 12 nitrogen and oxygen atoms in total. The Kier molecular flexibility index (Phi) is 9.45. The molecule has 46 heavy (non-hydrogen) atoms. The largest absolute Gasteiger partial charge is 0.481 e. The van der Waals surface area contributed by atoms with Crippen LogP contribution in [-0.2, 0) is 41.0 Å². The summed E-state index contributed by atoms with van der Waals surface area (Å²) in [5.41, 5.74) is 0.751. The van der Waals surface area contributed by atoms with Crippen LogP contribution in [0.3, 0.4) is 0 Å². The van der Waals surface area contributed by atoms with Crippen LogP contribution in [0, 0.1) is 0 Å². The number of carbonyl (C=O) groups excluding carboxylic acids is 3. The van der Waals surface area contributed by atoms with E-state index in [0.29, 0.717) is 59.4 Å². The summed E-state index contributed by atoms with van der Waals surface area (Å²) in [5.74, 6) is -0.246. The van der Waals surface area contributed by atoms with E-state index in [2.05, 4.69) is 9.97 Å². The third-order valence-electron chi connectivity index (χ3n) is 8.27. The zero-order valence-electron chi connectivity index (χ0n) is 27.2. The molecule has 0 aliphatic carbocycles. The molecule has 3 aromatic rings. The molecule has 4 heterocycles. The molecule has 1 aromatic carbocycles. The van der Waals surface area contributed by atoms with Crippen molar-refractivity contribution < 1.29 is 32.3 Å². The van der Waals surface area contributed by atoms with Gasteiger partial charge < -0.3 is 19.3 Å². The average molecular weight is 672 g/mol. The summed E-state index contributed by atoms with van der Waals surface area (Å²) < 4.78 is 39.9. The molecule has 1 unspecified atom stereocenters. The van der Waals surface area contributed by atoms with Gasteiger partial charge in [0.2, 0.25) is 27.7 Å². The number of nitrogens with zero attached hydrogens (tertiary/aromatic N) is 5. The molecule has 5 rings (SSSR count). The number of amides is 2. The van der Waals surface area contributed by atoms with Crippen LogP contribution < -0.4 is 9.64 Å². The minimum absolute atomic E-state index is 0.0149. The molecule has 1 saturated heterocycles. The number of sulfonamides is 1. The fourth-order valence-corrected chi connectivity index (χ4v) is 8.62. The first-order chi connectivity index (χ1) is 21.7. The molecular weight excluding hydrogens is 631 g/mol. The minimum atomic E-state index is -3.99. The zero-order valence-corrected chi connectivity index (χ0v) is 28.8. The number of likely N-dealkylation sites (tertiary alicyclic amines) is 1. The molecule has 0 radical (unpaired) electrons. The highest BCUT2D eigenvalue weighted by Gasteiger charge is 2.50.